The van der Waals surface area contributed by atoms with Gasteiger partial charge in [-0.05, 0) is 24.5 Å². The number of benzene rings is 1. The molecule has 1 aliphatic rings. The van der Waals surface area contributed by atoms with Gasteiger partial charge in [0.2, 0.25) is 5.89 Å². The Morgan fingerprint density at radius 3 is 2.52 bits per heavy atom. The molecule has 0 aliphatic heterocycles. The molecule has 6 nitrogen and oxygen atoms in total. The fourth-order valence-corrected chi connectivity index (χ4v) is 3.56. The summed E-state index contributed by atoms with van der Waals surface area (Å²) in [5.74, 6) is 2.01. The number of guanidine groups is 1. The summed E-state index contributed by atoms with van der Waals surface area (Å²) in [4.78, 5) is 8.74. The van der Waals surface area contributed by atoms with Crippen molar-refractivity contribution in [3.05, 3.63) is 46.0 Å². The molecular formula is C19H27BrIN5O. The molecule has 1 aliphatic carbocycles. The SMILES string of the molecule is CN=C(NCc1noc(C(C)(C)C)n1)NCC1(c2ccccc2Br)CC1.I. The van der Waals surface area contributed by atoms with Crippen LogP contribution in [0.4, 0.5) is 0 Å². The minimum atomic E-state index is -0.146. The van der Waals surface area contributed by atoms with Crippen LogP contribution in [-0.2, 0) is 17.4 Å². The Hall–Kier alpha value is -1.16. The van der Waals surface area contributed by atoms with Gasteiger partial charge in [0.15, 0.2) is 11.8 Å². The van der Waals surface area contributed by atoms with E-state index in [4.69, 9.17) is 4.52 Å². The molecule has 0 spiro atoms. The summed E-state index contributed by atoms with van der Waals surface area (Å²) in [6.07, 6.45) is 2.36. The van der Waals surface area contributed by atoms with Gasteiger partial charge in [0, 0.05) is 28.9 Å². The maximum Gasteiger partial charge on any atom is 0.232 e. The first-order valence-corrected chi connectivity index (χ1v) is 9.66. The Balaban J connectivity index is 0.00000261. The van der Waals surface area contributed by atoms with E-state index in [0.29, 0.717) is 18.3 Å². The smallest absolute Gasteiger partial charge is 0.232 e. The fraction of sp³-hybridized carbons (Fsp3) is 0.526. The summed E-state index contributed by atoms with van der Waals surface area (Å²) >= 11 is 3.68. The Kier molecular flexibility index (Phi) is 7.29. The third kappa shape index (κ3) is 5.43. The summed E-state index contributed by atoms with van der Waals surface area (Å²) in [6, 6.07) is 8.44. The first-order chi connectivity index (χ1) is 12.3. The van der Waals surface area contributed by atoms with Crippen molar-refractivity contribution in [3.63, 3.8) is 0 Å². The number of aliphatic imine (C=N–C) groups is 1. The highest BCUT2D eigenvalue weighted by molar-refractivity contribution is 14.0. The van der Waals surface area contributed by atoms with Crippen LogP contribution in [0.3, 0.4) is 0 Å². The summed E-state index contributed by atoms with van der Waals surface area (Å²) in [6.45, 7) is 7.47. The Labute approximate surface area is 186 Å². The molecule has 1 fully saturated rings. The van der Waals surface area contributed by atoms with Crippen molar-refractivity contribution in [3.8, 4) is 0 Å². The predicted octanol–water partition coefficient (Wildman–Crippen LogP) is 4.14. The zero-order valence-corrected chi connectivity index (χ0v) is 20.1. The maximum atomic E-state index is 5.32. The van der Waals surface area contributed by atoms with Crippen LogP contribution in [0.2, 0.25) is 0 Å². The second-order valence-electron chi connectivity index (χ2n) is 7.81. The van der Waals surface area contributed by atoms with E-state index in [1.54, 1.807) is 7.05 Å². The van der Waals surface area contributed by atoms with E-state index in [1.165, 1.54) is 22.9 Å². The van der Waals surface area contributed by atoms with Crippen molar-refractivity contribution in [2.75, 3.05) is 13.6 Å². The molecule has 148 valence electrons. The highest BCUT2D eigenvalue weighted by atomic mass is 127. The van der Waals surface area contributed by atoms with Gasteiger partial charge in [-0.2, -0.15) is 4.98 Å². The predicted molar refractivity (Wildman–Crippen MR) is 122 cm³/mol. The van der Waals surface area contributed by atoms with E-state index in [1.807, 2.05) is 6.07 Å². The molecule has 27 heavy (non-hydrogen) atoms. The zero-order chi connectivity index (χ0) is 18.8. The van der Waals surface area contributed by atoms with E-state index < -0.39 is 0 Å². The van der Waals surface area contributed by atoms with Crippen LogP contribution in [0.15, 0.2) is 38.3 Å². The molecule has 1 aromatic heterocycles. The van der Waals surface area contributed by atoms with E-state index in [-0.39, 0.29) is 34.8 Å². The molecule has 1 saturated carbocycles. The lowest BCUT2D eigenvalue weighted by molar-refractivity contribution is 0.318. The molecule has 2 aromatic rings. The molecule has 3 rings (SSSR count). The quantitative estimate of drug-likeness (QED) is 0.334. The van der Waals surface area contributed by atoms with Crippen LogP contribution in [0, 0.1) is 0 Å². The normalized spacial score (nSPS) is 15.8. The number of hydrogen-bond acceptors (Lipinski definition) is 4. The van der Waals surface area contributed by atoms with Crippen LogP contribution in [0.1, 0.15) is 50.9 Å². The lowest BCUT2D eigenvalue weighted by Crippen LogP contribution is -2.41. The third-order valence-electron chi connectivity index (χ3n) is 4.64. The molecule has 1 heterocycles. The van der Waals surface area contributed by atoms with Crippen LogP contribution >= 0.6 is 39.9 Å². The monoisotopic (exact) mass is 547 g/mol. The highest BCUT2D eigenvalue weighted by Gasteiger charge is 2.45. The second kappa shape index (κ2) is 8.89. The summed E-state index contributed by atoms with van der Waals surface area (Å²) in [7, 11) is 1.77. The van der Waals surface area contributed by atoms with Crippen molar-refractivity contribution in [1.29, 1.82) is 0 Å². The van der Waals surface area contributed by atoms with Gasteiger partial charge in [0.1, 0.15) is 0 Å². The molecular weight excluding hydrogens is 521 g/mol. The van der Waals surface area contributed by atoms with Gasteiger partial charge in [-0.15, -0.1) is 24.0 Å². The first kappa shape index (κ1) is 22.1. The van der Waals surface area contributed by atoms with Gasteiger partial charge in [-0.25, -0.2) is 0 Å². The highest BCUT2D eigenvalue weighted by Crippen LogP contribution is 2.49. The lowest BCUT2D eigenvalue weighted by atomic mass is 9.96. The molecule has 0 saturated heterocycles. The van der Waals surface area contributed by atoms with Gasteiger partial charge in [0.25, 0.3) is 0 Å². The van der Waals surface area contributed by atoms with E-state index >= 15 is 0 Å². The van der Waals surface area contributed by atoms with Crippen LogP contribution < -0.4 is 10.6 Å². The largest absolute Gasteiger partial charge is 0.356 e. The molecule has 8 heteroatoms. The van der Waals surface area contributed by atoms with Crippen molar-refractivity contribution in [1.82, 2.24) is 20.8 Å². The van der Waals surface area contributed by atoms with E-state index in [0.717, 1.165) is 12.5 Å². The molecule has 0 radical (unpaired) electrons. The zero-order valence-electron chi connectivity index (χ0n) is 16.2. The van der Waals surface area contributed by atoms with Crippen molar-refractivity contribution in [2.45, 2.75) is 51.0 Å². The minimum absolute atomic E-state index is 0. The van der Waals surface area contributed by atoms with Crippen molar-refractivity contribution in [2.24, 2.45) is 4.99 Å². The number of halogens is 2. The Morgan fingerprint density at radius 2 is 1.96 bits per heavy atom. The van der Waals surface area contributed by atoms with Gasteiger partial charge >= 0.3 is 0 Å². The fourth-order valence-electron chi connectivity index (χ4n) is 2.85. The number of rotatable bonds is 5. The lowest BCUT2D eigenvalue weighted by Gasteiger charge is -2.20. The van der Waals surface area contributed by atoms with Gasteiger partial charge < -0.3 is 15.2 Å². The van der Waals surface area contributed by atoms with Crippen LogP contribution in [0.5, 0.6) is 0 Å². The van der Waals surface area contributed by atoms with E-state index in [9.17, 15) is 0 Å². The average molecular weight is 548 g/mol. The molecule has 2 N–H and O–H groups in total. The number of nitrogens with one attached hydrogen (secondary N) is 2. The Bertz CT molecular complexity index is 795. The number of hydrogen-bond donors (Lipinski definition) is 2. The van der Waals surface area contributed by atoms with Crippen molar-refractivity contribution >= 4 is 45.9 Å². The number of aromatic nitrogens is 2. The molecule has 0 unspecified atom stereocenters. The third-order valence-corrected chi connectivity index (χ3v) is 5.33. The van der Waals surface area contributed by atoms with E-state index in [2.05, 4.69) is 80.7 Å². The first-order valence-electron chi connectivity index (χ1n) is 8.87. The maximum absolute atomic E-state index is 5.32. The van der Waals surface area contributed by atoms with Crippen molar-refractivity contribution < 1.29 is 4.52 Å². The molecule has 0 bridgehead atoms. The molecule has 1 aromatic carbocycles. The number of nitrogens with zero attached hydrogens (tertiary/aromatic N) is 3. The minimum Gasteiger partial charge on any atom is -0.356 e. The summed E-state index contributed by atoms with van der Waals surface area (Å²) in [5, 5.41) is 10.7. The Morgan fingerprint density at radius 1 is 1.26 bits per heavy atom. The summed E-state index contributed by atoms with van der Waals surface area (Å²) < 4.78 is 6.49. The van der Waals surface area contributed by atoms with Gasteiger partial charge in [-0.3, -0.25) is 4.99 Å². The van der Waals surface area contributed by atoms with Gasteiger partial charge in [0.05, 0.1) is 6.54 Å². The molecule has 0 atom stereocenters. The standard InChI is InChI=1S/C19H26BrN5O.HI/c1-18(2,3)16-24-15(25-26-16)11-22-17(21-4)23-12-19(9-10-19)13-7-5-6-8-14(13)20;/h5-8H,9-12H2,1-4H3,(H2,21,22,23);1H. The topological polar surface area (TPSA) is 75.3 Å². The molecule has 0 amide bonds. The van der Waals surface area contributed by atoms with Gasteiger partial charge in [-0.1, -0.05) is 60.1 Å². The average Bonchev–Trinajstić information content (AvgIpc) is 3.22. The van der Waals surface area contributed by atoms with Crippen LogP contribution in [0.25, 0.3) is 0 Å². The second-order valence-corrected chi connectivity index (χ2v) is 8.66. The summed E-state index contributed by atoms with van der Waals surface area (Å²) in [5.41, 5.74) is 1.39. The van der Waals surface area contributed by atoms with Crippen LogP contribution in [-0.4, -0.2) is 29.7 Å².